The molecule has 0 radical (unpaired) electrons. The van der Waals surface area contributed by atoms with Crippen LogP contribution < -0.4 is 9.47 Å². The molecule has 0 aliphatic carbocycles. The molecule has 8 heteroatoms. The molecule has 6 rings (SSSR count). The molecular formula is C29H24N2O6. The smallest absolute Gasteiger partial charge is 0.261 e. The largest absolute Gasteiger partial charge is 0.497 e. The van der Waals surface area contributed by atoms with Crippen LogP contribution in [-0.4, -0.2) is 59.1 Å². The van der Waals surface area contributed by atoms with Crippen LogP contribution in [0.25, 0.3) is 0 Å². The second kappa shape index (κ2) is 8.58. The molecule has 1 unspecified atom stereocenters. The molecule has 0 saturated carbocycles. The number of hydrogen-bond donors (Lipinski definition) is 0. The first-order chi connectivity index (χ1) is 17.9. The van der Waals surface area contributed by atoms with Crippen molar-refractivity contribution in [1.29, 1.82) is 0 Å². The number of nitrogens with zero attached hydrogens (tertiary/aromatic N) is 2. The summed E-state index contributed by atoms with van der Waals surface area (Å²) in [6.07, 6.45) is 0.686. The van der Waals surface area contributed by atoms with Crippen molar-refractivity contribution in [2.24, 2.45) is 0 Å². The van der Waals surface area contributed by atoms with Crippen molar-refractivity contribution in [1.82, 2.24) is 9.80 Å². The third kappa shape index (κ3) is 3.85. The van der Waals surface area contributed by atoms with E-state index in [-0.39, 0.29) is 42.7 Å². The predicted octanol–water partition coefficient (Wildman–Crippen LogP) is 3.74. The van der Waals surface area contributed by atoms with Crippen LogP contribution in [0.1, 0.15) is 59.8 Å². The van der Waals surface area contributed by atoms with Gasteiger partial charge in [0.25, 0.3) is 17.7 Å². The molecule has 1 atom stereocenters. The van der Waals surface area contributed by atoms with Gasteiger partial charge in [-0.05, 0) is 42.0 Å². The Bertz CT molecular complexity index is 1470. The van der Waals surface area contributed by atoms with Gasteiger partial charge < -0.3 is 14.4 Å². The number of amides is 3. The molecule has 1 spiro atoms. The molecule has 0 bridgehead atoms. The summed E-state index contributed by atoms with van der Waals surface area (Å²) in [5, 5.41) is 0. The van der Waals surface area contributed by atoms with Crippen LogP contribution in [0.3, 0.4) is 0 Å². The first-order valence-electron chi connectivity index (χ1n) is 12.1. The molecule has 0 aromatic heterocycles. The SMILES string of the molecule is COc1ccc2c(c1)C(=O)CC1(CCN(C(=O)c3ccc4c(c3)C(=O)N(Cc3ccccc3)C4=O)C1)O2. The van der Waals surface area contributed by atoms with Gasteiger partial charge in [0.15, 0.2) is 5.78 Å². The van der Waals surface area contributed by atoms with E-state index < -0.39 is 11.5 Å². The van der Waals surface area contributed by atoms with Crippen molar-refractivity contribution >= 4 is 23.5 Å². The zero-order valence-corrected chi connectivity index (χ0v) is 20.2. The minimum atomic E-state index is -0.788. The highest BCUT2D eigenvalue weighted by atomic mass is 16.5. The van der Waals surface area contributed by atoms with E-state index in [1.165, 1.54) is 11.0 Å². The van der Waals surface area contributed by atoms with Gasteiger partial charge in [0.1, 0.15) is 17.1 Å². The summed E-state index contributed by atoms with van der Waals surface area (Å²) in [6.45, 7) is 0.846. The molecule has 3 heterocycles. The fraction of sp³-hybridized carbons (Fsp3) is 0.241. The molecule has 0 N–H and O–H groups in total. The fourth-order valence-corrected chi connectivity index (χ4v) is 5.36. The molecule has 186 valence electrons. The summed E-state index contributed by atoms with van der Waals surface area (Å²) in [5.41, 5.74) is 1.39. The van der Waals surface area contributed by atoms with Crippen LogP contribution in [0.15, 0.2) is 66.7 Å². The van der Waals surface area contributed by atoms with Gasteiger partial charge in [-0.3, -0.25) is 24.1 Å². The standard InChI is InChI=1S/C29H24N2O6/c1-36-20-8-10-25-23(14-20)24(32)15-29(37-25)11-12-30(17-29)26(33)19-7-9-21-22(13-19)28(35)31(27(21)34)16-18-5-3-2-4-6-18/h2-10,13-14H,11-12,15-17H2,1H3. The lowest BCUT2D eigenvalue weighted by Crippen LogP contribution is -2.45. The zero-order valence-electron chi connectivity index (χ0n) is 20.2. The first-order valence-corrected chi connectivity index (χ1v) is 12.1. The van der Waals surface area contributed by atoms with Crippen molar-refractivity contribution in [3.8, 4) is 11.5 Å². The second-order valence-corrected chi connectivity index (χ2v) is 9.67. The molecule has 3 aromatic carbocycles. The molecule has 3 aliphatic rings. The predicted molar refractivity (Wildman–Crippen MR) is 133 cm³/mol. The number of rotatable bonds is 4. The average Bonchev–Trinajstić information content (AvgIpc) is 3.42. The molecule has 3 aliphatic heterocycles. The van der Waals surface area contributed by atoms with Crippen molar-refractivity contribution in [2.45, 2.75) is 25.0 Å². The minimum Gasteiger partial charge on any atom is -0.497 e. The van der Waals surface area contributed by atoms with Crippen molar-refractivity contribution in [3.05, 3.63) is 94.5 Å². The van der Waals surface area contributed by atoms with E-state index in [4.69, 9.17) is 9.47 Å². The number of imide groups is 1. The number of fused-ring (bicyclic) bond motifs is 2. The van der Waals surface area contributed by atoms with E-state index in [0.717, 1.165) is 5.56 Å². The number of carbonyl (C=O) groups excluding carboxylic acids is 4. The Kier molecular flexibility index (Phi) is 5.33. The van der Waals surface area contributed by atoms with Crippen LogP contribution in [-0.2, 0) is 6.54 Å². The van der Waals surface area contributed by atoms with Crippen LogP contribution >= 0.6 is 0 Å². The Labute approximate surface area is 213 Å². The topological polar surface area (TPSA) is 93.2 Å². The van der Waals surface area contributed by atoms with E-state index >= 15 is 0 Å². The Hall–Kier alpha value is -4.46. The summed E-state index contributed by atoms with van der Waals surface area (Å²) in [7, 11) is 1.54. The highest BCUT2D eigenvalue weighted by molar-refractivity contribution is 6.22. The van der Waals surface area contributed by atoms with Gasteiger partial charge in [-0.25, -0.2) is 0 Å². The van der Waals surface area contributed by atoms with E-state index in [1.807, 2.05) is 30.3 Å². The maximum atomic E-state index is 13.4. The minimum absolute atomic E-state index is 0.0467. The summed E-state index contributed by atoms with van der Waals surface area (Å²) in [5.74, 6) is -0.0158. The van der Waals surface area contributed by atoms with Crippen molar-refractivity contribution in [2.75, 3.05) is 20.2 Å². The van der Waals surface area contributed by atoms with Gasteiger partial charge in [-0.2, -0.15) is 0 Å². The molecule has 37 heavy (non-hydrogen) atoms. The van der Waals surface area contributed by atoms with Crippen LogP contribution in [0.4, 0.5) is 0 Å². The fourth-order valence-electron chi connectivity index (χ4n) is 5.36. The molecule has 3 amide bonds. The molecule has 8 nitrogen and oxygen atoms in total. The molecule has 1 saturated heterocycles. The van der Waals surface area contributed by atoms with Crippen molar-refractivity contribution < 1.29 is 28.7 Å². The molecular weight excluding hydrogens is 472 g/mol. The highest BCUT2D eigenvalue weighted by Gasteiger charge is 2.47. The van der Waals surface area contributed by atoms with Gasteiger partial charge in [-0.1, -0.05) is 30.3 Å². The van der Waals surface area contributed by atoms with Gasteiger partial charge in [-0.15, -0.1) is 0 Å². The van der Waals surface area contributed by atoms with Crippen LogP contribution in [0.2, 0.25) is 0 Å². The average molecular weight is 497 g/mol. The Morgan fingerprint density at radius 2 is 1.73 bits per heavy atom. The molecule has 3 aromatic rings. The summed E-state index contributed by atoms with van der Waals surface area (Å²) < 4.78 is 11.5. The highest BCUT2D eigenvalue weighted by Crippen LogP contribution is 2.40. The normalized spacial score (nSPS) is 20.2. The number of ether oxygens (including phenoxy) is 2. The number of ketones is 1. The number of Topliss-reactive ketones (excluding diaryl/α,β-unsaturated/α-hetero) is 1. The third-order valence-corrected chi connectivity index (χ3v) is 7.30. The number of hydrogen-bond acceptors (Lipinski definition) is 6. The number of carbonyl (C=O) groups is 4. The Morgan fingerprint density at radius 3 is 2.51 bits per heavy atom. The van der Waals surface area contributed by atoms with Crippen LogP contribution in [0.5, 0.6) is 11.5 Å². The summed E-state index contributed by atoms with van der Waals surface area (Å²) in [6, 6.07) is 19.1. The number of likely N-dealkylation sites (tertiary alicyclic amines) is 1. The first kappa shape index (κ1) is 23.0. The lowest BCUT2D eigenvalue weighted by molar-refractivity contribution is 0.0427. The van der Waals surface area contributed by atoms with E-state index in [0.29, 0.717) is 41.2 Å². The summed E-state index contributed by atoms with van der Waals surface area (Å²) >= 11 is 0. The third-order valence-electron chi connectivity index (χ3n) is 7.30. The van der Waals surface area contributed by atoms with Crippen LogP contribution in [0, 0.1) is 0 Å². The lowest BCUT2D eigenvalue weighted by Gasteiger charge is -2.34. The Balaban J connectivity index is 1.20. The monoisotopic (exact) mass is 496 g/mol. The maximum absolute atomic E-state index is 13.4. The van der Waals surface area contributed by atoms with E-state index in [2.05, 4.69) is 0 Å². The van der Waals surface area contributed by atoms with Gasteiger partial charge in [0.2, 0.25) is 0 Å². The second-order valence-electron chi connectivity index (χ2n) is 9.67. The zero-order chi connectivity index (χ0) is 25.7. The molecule has 1 fully saturated rings. The van der Waals surface area contributed by atoms with E-state index in [1.54, 1.807) is 42.3 Å². The van der Waals surface area contributed by atoms with E-state index in [9.17, 15) is 19.2 Å². The Morgan fingerprint density at radius 1 is 0.946 bits per heavy atom. The van der Waals surface area contributed by atoms with Gasteiger partial charge in [0, 0.05) is 18.5 Å². The number of benzene rings is 3. The summed E-state index contributed by atoms with van der Waals surface area (Å²) in [4.78, 5) is 55.1. The van der Waals surface area contributed by atoms with Gasteiger partial charge >= 0.3 is 0 Å². The van der Waals surface area contributed by atoms with Gasteiger partial charge in [0.05, 0.1) is 43.3 Å². The quantitative estimate of drug-likeness (QED) is 0.511. The van der Waals surface area contributed by atoms with Crippen molar-refractivity contribution in [3.63, 3.8) is 0 Å². The maximum Gasteiger partial charge on any atom is 0.261 e. The lowest BCUT2D eigenvalue weighted by atomic mass is 9.89. The number of methoxy groups -OCH3 is 1.